The Morgan fingerprint density at radius 3 is 2.64 bits per heavy atom. The topological polar surface area (TPSA) is 47.4 Å². The van der Waals surface area contributed by atoms with Crippen LogP contribution in [0.5, 0.6) is 0 Å². The van der Waals surface area contributed by atoms with Crippen LogP contribution in [0.3, 0.4) is 0 Å². The van der Waals surface area contributed by atoms with Crippen LogP contribution in [0.4, 0.5) is 0 Å². The lowest BCUT2D eigenvalue weighted by atomic mass is 9.86. The quantitative estimate of drug-likeness (QED) is 0.840. The molecule has 0 spiro atoms. The number of aryl methyl sites for hydroxylation is 1. The summed E-state index contributed by atoms with van der Waals surface area (Å²) in [5, 5.41) is 4.31. The molecule has 1 unspecified atom stereocenters. The maximum absolute atomic E-state index is 12.9. The molecule has 2 bridgehead atoms. The van der Waals surface area contributed by atoms with Crippen molar-refractivity contribution in [2.45, 2.75) is 56.5 Å². The molecule has 3 aliphatic rings. The number of carbonyl (C=O) groups is 1. The van der Waals surface area contributed by atoms with E-state index in [1.807, 2.05) is 17.9 Å². The first-order valence-corrected chi connectivity index (χ1v) is 8.62. The fourth-order valence-corrected chi connectivity index (χ4v) is 4.71. The predicted molar refractivity (Wildman–Crippen MR) is 82.4 cm³/mol. The summed E-state index contributed by atoms with van der Waals surface area (Å²) in [6, 6.07) is 2.98. The van der Waals surface area contributed by atoms with Gasteiger partial charge in [-0.05, 0) is 44.6 Å². The zero-order valence-corrected chi connectivity index (χ0v) is 13.3. The van der Waals surface area contributed by atoms with E-state index in [-0.39, 0.29) is 5.92 Å². The van der Waals surface area contributed by atoms with Crippen molar-refractivity contribution < 1.29 is 9.53 Å². The first kappa shape index (κ1) is 14.2. The van der Waals surface area contributed by atoms with Crippen molar-refractivity contribution in [1.82, 2.24) is 14.7 Å². The standard InChI is InChI=1S/C17H25N3O2/c1-19-16(6-7-18-19)13-9-14-4-5-15(10-13)20(14)17(21)12-3-2-8-22-11-12/h6-7,12-15H,2-5,8-11H2,1H3/t12-,13?,14-,15+/m0/s1. The van der Waals surface area contributed by atoms with E-state index >= 15 is 0 Å². The van der Waals surface area contributed by atoms with Gasteiger partial charge in [-0.25, -0.2) is 0 Å². The minimum Gasteiger partial charge on any atom is -0.381 e. The molecule has 5 heteroatoms. The van der Waals surface area contributed by atoms with Gasteiger partial charge in [0.25, 0.3) is 0 Å². The number of hydrogen-bond acceptors (Lipinski definition) is 3. The number of ether oxygens (including phenoxy) is 1. The number of fused-ring (bicyclic) bond motifs is 2. The van der Waals surface area contributed by atoms with Crippen LogP contribution in [-0.2, 0) is 16.6 Å². The van der Waals surface area contributed by atoms with E-state index in [0.717, 1.165) is 32.3 Å². The van der Waals surface area contributed by atoms with Crippen LogP contribution in [-0.4, -0.2) is 45.9 Å². The molecule has 3 aliphatic heterocycles. The van der Waals surface area contributed by atoms with Crippen molar-refractivity contribution in [2.24, 2.45) is 13.0 Å². The van der Waals surface area contributed by atoms with Gasteiger partial charge in [0, 0.05) is 43.5 Å². The normalized spacial score (nSPS) is 34.9. The highest BCUT2D eigenvalue weighted by molar-refractivity contribution is 5.80. The lowest BCUT2D eigenvalue weighted by Crippen LogP contribution is -2.49. The third-order valence-electron chi connectivity index (χ3n) is 5.77. The van der Waals surface area contributed by atoms with E-state index in [0.29, 0.717) is 30.5 Å². The summed E-state index contributed by atoms with van der Waals surface area (Å²) in [6.07, 6.45) is 8.42. The summed E-state index contributed by atoms with van der Waals surface area (Å²) in [5.74, 6) is 1.01. The minimum absolute atomic E-state index is 0.102. The molecule has 0 saturated carbocycles. The van der Waals surface area contributed by atoms with Crippen molar-refractivity contribution >= 4 is 5.91 Å². The number of amides is 1. The van der Waals surface area contributed by atoms with Crippen LogP contribution in [0.25, 0.3) is 0 Å². The molecule has 4 rings (SSSR count). The Morgan fingerprint density at radius 2 is 2.05 bits per heavy atom. The van der Waals surface area contributed by atoms with Gasteiger partial charge in [-0.1, -0.05) is 0 Å². The molecule has 22 heavy (non-hydrogen) atoms. The van der Waals surface area contributed by atoms with Crippen LogP contribution in [0.15, 0.2) is 12.3 Å². The molecule has 4 heterocycles. The van der Waals surface area contributed by atoms with E-state index in [1.165, 1.54) is 18.5 Å². The molecular formula is C17H25N3O2. The van der Waals surface area contributed by atoms with E-state index in [4.69, 9.17) is 4.74 Å². The zero-order valence-electron chi connectivity index (χ0n) is 13.3. The number of aromatic nitrogens is 2. The highest BCUT2D eigenvalue weighted by Gasteiger charge is 2.45. The first-order valence-electron chi connectivity index (χ1n) is 8.62. The number of carbonyl (C=O) groups excluding carboxylic acids is 1. The van der Waals surface area contributed by atoms with Gasteiger partial charge in [0.1, 0.15) is 0 Å². The summed E-state index contributed by atoms with van der Waals surface area (Å²) in [4.78, 5) is 15.1. The minimum atomic E-state index is 0.102. The van der Waals surface area contributed by atoms with Crippen molar-refractivity contribution in [3.8, 4) is 0 Å². The third-order valence-corrected chi connectivity index (χ3v) is 5.77. The maximum atomic E-state index is 12.9. The van der Waals surface area contributed by atoms with Gasteiger partial charge in [-0.15, -0.1) is 0 Å². The van der Waals surface area contributed by atoms with Gasteiger partial charge in [0.2, 0.25) is 5.91 Å². The lowest BCUT2D eigenvalue weighted by molar-refractivity contribution is -0.144. The second-order valence-electron chi connectivity index (χ2n) is 7.09. The molecule has 1 aromatic rings. The average molecular weight is 303 g/mol. The highest BCUT2D eigenvalue weighted by Crippen LogP contribution is 2.43. The molecule has 5 nitrogen and oxygen atoms in total. The smallest absolute Gasteiger partial charge is 0.228 e. The van der Waals surface area contributed by atoms with Crippen LogP contribution in [0.2, 0.25) is 0 Å². The third kappa shape index (κ3) is 2.35. The van der Waals surface area contributed by atoms with E-state index in [2.05, 4.69) is 16.1 Å². The van der Waals surface area contributed by atoms with Gasteiger partial charge >= 0.3 is 0 Å². The van der Waals surface area contributed by atoms with Crippen molar-refractivity contribution in [1.29, 1.82) is 0 Å². The van der Waals surface area contributed by atoms with E-state index in [9.17, 15) is 4.79 Å². The van der Waals surface area contributed by atoms with Crippen LogP contribution < -0.4 is 0 Å². The summed E-state index contributed by atoms with van der Waals surface area (Å²) >= 11 is 0. The van der Waals surface area contributed by atoms with Gasteiger partial charge in [-0.2, -0.15) is 5.10 Å². The number of piperidine rings is 1. The number of rotatable bonds is 2. The molecule has 1 amide bonds. The Kier molecular flexibility index (Phi) is 3.68. The first-order chi connectivity index (χ1) is 10.7. The Labute approximate surface area is 131 Å². The molecule has 0 radical (unpaired) electrons. The molecule has 3 saturated heterocycles. The monoisotopic (exact) mass is 303 g/mol. The van der Waals surface area contributed by atoms with E-state index < -0.39 is 0 Å². The second-order valence-corrected chi connectivity index (χ2v) is 7.09. The summed E-state index contributed by atoms with van der Waals surface area (Å²) in [5.41, 5.74) is 1.32. The molecule has 0 N–H and O–H groups in total. The van der Waals surface area contributed by atoms with Gasteiger partial charge in [-0.3, -0.25) is 9.48 Å². The largest absolute Gasteiger partial charge is 0.381 e. The Bertz CT molecular complexity index is 536. The van der Waals surface area contributed by atoms with Crippen molar-refractivity contribution in [2.75, 3.05) is 13.2 Å². The van der Waals surface area contributed by atoms with Gasteiger partial charge in [0.05, 0.1) is 12.5 Å². The molecule has 3 fully saturated rings. The van der Waals surface area contributed by atoms with Crippen molar-refractivity contribution in [3.05, 3.63) is 18.0 Å². The number of hydrogen-bond donors (Lipinski definition) is 0. The fraction of sp³-hybridized carbons (Fsp3) is 0.765. The van der Waals surface area contributed by atoms with Crippen molar-refractivity contribution in [3.63, 3.8) is 0 Å². The predicted octanol–water partition coefficient (Wildman–Crippen LogP) is 2.08. The lowest BCUT2D eigenvalue weighted by Gasteiger charge is -2.41. The average Bonchev–Trinajstić information content (AvgIpc) is 3.08. The Balaban J connectivity index is 1.49. The number of nitrogens with zero attached hydrogens (tertiary/aromatic N) is 3. The zero-order chi connectivity index (χ0) is 15.1. The molecule has 1 aromatic heterocycles. The molecule has 0 aliphatic carbocycles. The molecular weight excluding hydrogens is 278 g/mol. The van der Waals surface area contributed by atoms with Gasteiger partial charge < -0.3 is 9.64 Å². The summed E-state index contributed by atoms with van der Waals surface area (Å²) in [7, 11) is 2.02. The van der Waals surface area contributed by atoms with Gasteiger partial charge in [0.15, 0.2) is 0 Å². The molecule has 4 atom stereocenters. The van der Waals surface area contributed by atoms with Crippen LogP contribution >= 0.6 is 0 Å². The summed E-state index contributed by atoms with van der Waals surface area (Å²) < 4.78 is 7.52. The van der Waals surface area contributed by atoms with E-state index in [1.54, 1.807) is 0 Å². The molecule has 120 valence electrons. The van der Waals surface area contributed by atoms with Crippen LogP contribution in [0, 0.1) is 5.92 Å². The summed E-state index contributed by atoms with van der Waals surface area (Å²) in [6.45, 7) is 1.44. The highest BCUT2D eigenvalue weighted by atomic mass is 16.5. The fourth-order valence-electron chi connectivity index (χ4n) is 4.71. The Hall–Kier alpha value is -1.36. The van der Waals surface area contributed by atoms with Crippen LogP contribution in [0.1, 0.15) is 50.1 Å². The second kappa shape index (κ2) is 5.69. The molecule has 0 aromatic carbocycles. The maximum Gasteiger partial charge on any atom is 0.228 e. The SMILES string of the molecule is Cn1nccc1C1C[C@H]2CC[C@@H](C1)N2C(=O)[C@H]1CCCOC1. The Morgan fingerprint density at radius 1 is 1.27 bits per heavy atom.